The van der Waals surface area contributed by atoms with Gasteiger partial charge in [0.25, 0.3) is 0 Å². The van der Waals surface area contributed by atoms with Gasteiger partial charge in [-0.25, -0.2) is 9.78 Å². The largest absolute Gasteiger partial charge is 0.444 e. The second-order valence-corrected chi connectivity index (χ2v) is 30.0. The van der Waals surface area contributed by atoms with E-state index in [9.17, 15) is 9.90 Å². The maximum atomic E-state index is 13.4. The van der Waals surface area contributed by atoms with E-state index in [1.165, 1.54) is 0 Å². The zero-order chi connectivity index (χ0) is 39.5. The Morgan fingerprint density at radius 2 is 1.49 bits per heavy atom. The predicted molar refractivity (Wildman–Crippen MR) is 225 cm³/mol. The van der Waals surface area contributed by atoms with E-state index < -0.39 is 21.7 Å². The minimum atomic E-state index is -1.33. The van der Waals surface area contributed by atoms with Crippen LogP contribution in [0.25, 0.3) is 28.0 Å². The van der Waals surface area contributed by atoms with Crippen molar-refractivity contribution >= 4 is 33.7 Å². The SMILES string of the molecule is CC(C)(C)OC(=O)N1C2CC[C@@H]1CC(c1nc3c(-c4ccc(-c5ccccc5)nc4)cnn3c(N(COCC[Si](C)(C)C)COCC[Si](C)(C)C)c1CO)C2. The molecule has 1 aromatic carbocycles. The number of aliphatic hydroxyl groups excluding tert-OH is 1. The molecule has 0 saturated carbocycles. The van der Waals surface area contributed by atoms with E-state index in [2.05, 4.69) is 62.4 Å². The van der Waals surface area contributed by atoms with E-state index in [-0.39, 0.29) is 44.2 Å². The number of benzene rings is 1. The molecular weight excluding hydrogens is 725 g/mol. The molecule has 2 fully saturated rings. The van der Waals surface area contributed by atoms with E-state index in [0.717, 1.165) is 77.2 Å². The molecule has 2 saturated heterocycles. The number of anilines is 1. The fourth-order valence-corrected chi connectivity index (χ4v) is 9.17. The van der Waals surface area contributed by atoms with Crippen LogP contribution in [0, 0.1) is 0 Å². The first-order valence-electron chi connectivity index (χ1n) is 20.0. The average molecular weight is 787 g/mol. The number of pyridine rings is 1. The van der Waals surface area contributed by atoms with Crippen LogP contribution in [0.4, 0.5) is 10.6 Å². The van der Waals surface area contributed by atoms with Gasteiger partial charge in [0.15, 0.2) is 5.65 Å². The highest BCUT2D eigenvalue weighted by molar-refractivity contribution is 6.76. The fraction of sp³-hybridized carbons (Fsp3) is 0.571. The van der Waals surface area contributed by atoms with Crippen LogP contribution in [0.3, 0.4) is 0 Å². The highest BCUT2D eigenvalue weighted by atomic mass is 28.3. The van der Waals surface area contributed by atoms with Crippen molar-refractivity contribution in [3.05, 3.63) is 66.1 Å². The standard InChI is InChI=1S/C42H62N6O5Si2/c1-42(2,3)53-41(50)47-33-16-17-34(47)24-32(23-33)38-36(27-49)40(46(28-51-19-21-54(4,5)6)29-52-20-22-55(7,8)9)48-39(45-38)35(26-44-48)31-15-18-37(43-25-31)30-13-11-10-12-14-30/h10-15,18,25-26,32-34,49H,16-17,19-24,27-29H2,1-9H3/t32?,33-,34?/m1/s1. The molecule has 3 aromatic heterocycles. The predicted octanol–water partition coefficient (Wildman–Crippen LogP) is 9.03. The summed E-state index contributed by atoms with van der Waals surface area (Å²) in [6.45, 7) is 21.5. The van der Waals surface area contributed by atoms with Crippen molar-refractivity contribution in [1.29, 1.82) is 0 Å². The molecule has 298 valence electrons. The number of piperidine rings is 1. The quantitative estimate of drug-likeness (QED) is 0.0717. The second kappa shape index (κ2) is 16.8. The lowest BCUT2D eigenvalue weighted by atomic mass is 9.86. The molecule has 0 aliphatic carbocycles. The zero-order valence-corrected chi connectivity index (χ0v) is 36.5. The van der Waals surface area contributed by atoms with Gasteiger partial charge in [0, 0.05) is 75.8 Å². The first-order valence-corrected chi connectivity index (χ1v) is 27.4. The Labute approximate surface area is 329 Å². The Bertz CT molecular complexity index is 1870. The monoisotopic (exact) mass is 786 g/mol. The van der Waals surface area contributed by atoms with Gasteiger partial charge >= 0.3 is 6.09 Å². The van der Waals surface area contributed by atoms with Gasteiger partial charge in [0.05, 0.1) is 24.2 Å². The molecule has 1 amide bonds. The molecule has 11 nitrogen and oxygen atoms in total. The molecule has 55 heavy (non-hydrogen) atoms. The minimum absolute atomic E-state index is 0.0193. The van der Waals surface area contributed by atoms with Gasteiger partial charge in [-0.05, 0) is 64.6 Å². The molecule has 2 aliphatic rings. The van der Waals surface area contributed by atoms with E-state index >= 15 is 0 Å². The number of nitrogens with zero attached hydrogens (tertiary/aromatic N) is 6. The van der Waals surface area contributed by atoms with Crippen LogP contribution < -0.4 is 4.90 Å². The van der Waals surface area contributed by atoms with Gasteiger partial charge in [-0.2, -0.15) is 9.61 Å². The minimum Gasteiger partial charge on any atom is -0.444 e. The molecule has 2 bridgehead atoms. The molecule has 0 spiro atoms. The molecule has 6 rings (SSSR count). The van der Waals surface area contributed by atoms with Crippen LogP contribution in [0.2, 0.25) is 51.4 Å². The number of aromatic nitrogens is 4. The second-order valence-electron chi connectivity index (χ2n) is 18.7. The van der Waals surface area contributed by atoms with E-state index in [4.69, 9.17) is 29.3 Å². The number of amides is 1. The highest BCUT2D eigenvalue weighted by Gasteiger charge is 2.46. The lowest BCUT2D eigenvalue weighted by Crippen LogP contribution is -2.48. The Hall–Kier alpha value is -3.63. The molecule has 4 aromatic rings. The zero-order valence-electron chi connectivity index (χ0n) is 34.5. The first-order chi connectivity index (χ1) is 26.0. The normalized spacial score (nSPS) is 18.9. The lowest BCUT2D eigenvalue weighted by molar-refractivity contribution is 0.00561. The van der Waals surface area contributed by atoms with Crippen molar-refractivity contribution < 1.29 is 24.1 Å². The Balaban J connectivity index is 1.42. The number of aliphatic hydroxyl groups is 1. The molecule has 0 radical (unpaired) electrons. The van der Waals surface area contributed by atoms with Crippen LogP contribution >= 0.6 is 0 Å². The van der Waals surface area contributed by atoms with Crippen molar-refractivity contribution in [3.8, 4) is 22.4 Å². The average Bonchev–Trinajstić information content (AvgIpc) is 3.66. The van der Waals surface area contributed by atoms with Gasteiger partial charge in [-0.3, -0.25) is 4.98 Å². The fourth-order valence-electron chi connectivity index (χ4n) is 7.66. The van der Waals surface area contributed by atoms with Crippen molar-refractivity contribution in [1.82, 2.24) is 24.5 Å². The lowest BCUT2D eigenvalue weighted by Gasteiger charge is -2.40. The van der Waals surface area contributed by atoms with Gasteiger partial charge < -0.3 is 29.1 Å². The maximum absolute atomic E-state index is 13.4. The van der Waals surface area contributed by atoms with Gasteiger partial charge in [0.2, 0.25) is 0 Å². The van der Waals surface area contributed by atoms with Gasteiger partial charge in [-0.15, -0.1) is 0 Å². The van der Waals surface area contributed by atoms with Crippen LogP contribution in [0.5, 0.6) is 0 Å². The number of hydrogen-bond donors (Lipinski definition) is 1. The summed E-state index contributed by atoms with van der Waals surface area (Å²) < 4.78 is 20.5. The number of hydrogen-bond acceptors (Lipinski definition) is 9. The van der Waals surface area contributed by atoms with E-state index in [1.807, 2.05) is 66.8 Å². The molecule has 13 heteroatoms. The van der Waals surface area contributed by atoms with Crippen molar-refractivity contribution in [2.24, 2.45) is 0 Å². The molecule has 5 heterocycles. The molecular formula is C42H62N6O5Si2. The van der Waals surface area contributed by atoms with Crippen LogP contribution in [0.15, 0.2) is 54.9 Å². The Kier molecular flexibility index (Phi) is 12.6. The number of carbonyl (C=O) groups excluding carboxylic acids is 1. The third-order valence-corrected chi connectivity index (χ3v) is 14.0. The molecule has 3 atom stereocenters. The number of rotatable bonds is 15. The first kappa shape index (κ1) is 41.0. The topological polar surface area (TPSA) is 115 Å². The summed E-state index contributed by atoms with van der Waals surface area (Å²) >= 11 is 0. The summed E-state index contributed by atoms with van der Waals surface area (Å²) in [4.78, 5) is 27.7. The third-order valence-electron chi connectivity index (χ3n) is 10.6. The Morgan fingerprint density at radius 3 is 2.02 bits per heavy atom. The van der Waals surface area contributed by atoms with Crippen molar-refractivity contribution in [2.45, 2.75) is 128 Å². The summed E-state index contributed by atoms with van der Waals surface area (Å²) in [7, 11) is -2.66. The van der Waals surface area contributed by atoms with Crippen LogP contribution in [-0.4, -0.2) is 96.2 Å². The van der Waals surface area contributed by atoms with Crippen LogP contribution in [-0.2, 0) is 20.8 Å². The summed E-state index contributed by atoms with van der Waals surface area (Å²) in [6.07, 6.45) is 6.81. The summed E-state index contributed by atoms with van der Waals surface area (Å²) in [5.41, 5.74) is 5.38. The Morgan fingerprint density at radius 1 is 0.873 bits per heavy atom. The highest BCUT2D eigenvalue weighted by Crippen LogP contribution is 2.46. The number of ether oxygens (including phenoxy) is 3. The van der Waals surface area contributed by atoms with E-state index in [1.54, 1.807) is 0 Å². The van der Waals surface area contributed by atoms with Gasteiger partial charge in [0.1, 0.15) is 24.9 Å². The van der Waals surface area contributed by atoms with Crippen molar-refractivity contribution in [2.75, 3.05) is 31.6 Å². The molecule has 2 unspecified atom stereocenters. The summed E-state index contributed by atoms with van der Waals surface area (Å²) in [5, 5.41) is 16.2. The van der Waals surface area contributed by atoms with Crippen molar-refractivity contribution in [3.63, 3.8) is 0 Å². The number of carbonyl (C=O) groups is 1. The third kappa shape index (κ3) is 10.2. The maximum Gasteiger partial charge on any atom is 0.410 e. The van der Waals surface area contributed by atoms with E-state index in [0.29, 0.717) is 18.9 Å². The van der Waals surface area contributed by atoms with Gasteiger partial charge in [-0.1, -0.05) is 75.7 Å². The summed E-state index contributed by atoms with van der Waals surface area (Å²) in [5.74, 6) is 0.747. The number of fused-ring (bicyclic) bond motifs is 3. The smallest absolute Gasteiger partial charge is 0.410 e. The van der Waals surface area contributed by atoms with Crippen LogP contribution in [0.1, 0.15) is 63.6 Å². The molecule has 2 aliphatic heterocycles. The molecule has 1 N–H and O–H groups in total. The summed E-state index contributed by atoms with van der Waals surface area (Å²) in [6, 6.07) is 16.4.